The maximum Gasteiger partial charge on any atom is 0.201 e. The van der Waals surface area contributed by atoms with Gasteiger partial charge in [-0.15, -0.1) is 0 Å². The molecule has 1 aliphatic carbocycles. The summed E-state index contributed by atoms with van der Waals surface area (Å²) in [6.07, 6.45) is -4.70. The summed E-state index contributed by atoms with van der Waals surface area (Å²) in [5.74, 6) is -1.60. The first kappa shape index (κ1) is 7.31. The zero-order valence-electron chi connectivity index (χ0n) is 5.14. The zero-order chi connectivity index (χ0) is 7.72. The van der Waals surface area contributed by atoms with Crippen molar-refractivity contribution in [3.8, 4) is 0 Å². The van der Waals surface area contributed by atoms with E-state index in [0.29, 0.717) is 0 Å². The number of Topliss-reactive ketones (excluding diaryl/α,β-unsaturated/α-hetero) is 2. The number of halogens is 2. The van der Waals surface area contributed by atoms with Gasteiger partial charge >= 0.3 is 0 Å². The van der Waals surface area contributed by atoms with Crippen LogP contribution >= 0.6 is 0 Å². The molecule has 0 saturated heterocycles. The Morgan fingerprint density at radius 1 is 1.10 bits per heavy atom. The fourth-order valence-corrected chi connectivity index (χ4v) is 0.881. The molecule has 0 aliphatic heterocycles. The molecule has 0 amide bonds. The number of hydrogen-bond acceptors (Lipinski definition) is 2. The third kappa shape index (κ3) is 1.20. The summed E-state index contributed by atoms with van der Waals surface area (Å²) in [6.45, 7) is 0. The van der Waals surface area contributed by atoms with Gasteiger partial charge in [-0.3, -0.25) is 9.59 Å². The molecule has 1 aliphatic rings. The van der Waals surface area contributed by atoms with Crippen LogP contribution in [0.1, 0.15) is 12.8 Å². The van der Waals surface area contributed by atoms with E-state index in [4.69, 9.17) is 0 Å². The molecule has 1 fully saturated rings. The zero-order valence-corrected chi connectivity index (χ0v) is 5.14. The SMILES string of the molecule is O=C1CC(F)C(=O)C(F)C1. The molecule has 2 unspecified atom stereocenters. The Labute approximate surface area is 56.2 Å². The lowest BCUT2D eigenvalue weighted by Crippen LogP contribution is -2.35. The highest BCUT2D eigenvalue weighted by atomic mass is 19.1. The summed E-state index contributed by atoms with van der Waals surface area (Å²) < 4.78 is 24.5. The number of rotatable bonds is 0. The third-order valence-electron chi connectivity index (χ3n) is 1.43. The first-order valence-corrected chi connectivity index (χ1v) is 2.95. The third-order valence-corrected chi connectivity index (χ3v) is 1.43. The lowest BCUT2D eigenvalue weighted by Gasteiger charge is -2.15. The van der Waals surface area contributed by atoms with Crippen LogP contribution in [0.4, 0.5) is 8.78 Å². The fraction of sp³-hybridized carbons (Fsp3) is 0.667. The molecule has 10 heavy (non-hydrogen) atoms. The summed E-state index contributed by atoms with van der Waals surface area (Å²) in [5.41, 5.74) is 0. The fourth-order valence-electron chi connectivity index (χ4n) is 0.881. The van der Waals surface area contributed by atoms with Crippen LogP contribution in [0.15, 0.2) is 0 Å². The van der Waals surface area contributed by atoms with Gasteiger partial charge in [-0.25, -0.2) is 8.78 Å². The van der Waals surface area contributed by atoms with Gasteiger partial charge in [0.15, 0.2) is 12.3 Å². The lowest BCUT2D eigenvalue weighted by molar-refractivity contribution is -0.138. The average molecular weight is 148 g/mol. The molecule has 0 aromatic heterocycles. The largest absolute Gasteiger partial charge is 0.299 e. The van der Waals surface area contributed by atoms with E-state index in [2.05, 4.69) is 0 Å². The van der Waals surface area contributed by atoms with Crippen molar-refractivity contribution in [2.45, 2.75) is 25.2 Å². The Balaban J connectivity index is 2.66. The van der Waals surface area contributed by atoms with Crippen molar-refractivity contribution < 1.29 is 18.4 Å². The number of hydrogen-bond donors (Lipinski definition) is 0. The maximum atomic E-state index is 12.3. The van der Waals surface area contributed by atoms with E-state index < -0.39 is 36.8 Å². The Kier molecular flexibility index (Phi) is 1.78. The van der Waals surface area contributed by atoms with Crippen LogP contribution in [-0.4, -0.2) is 23.9 Å². The summed E-state index contributed by atoms with van der Waals surface area (Å²) in [7, 11) is 0. The van der Waals surface area contributed by atoms with Gasteiger partial charge in [-0.1, -0.05) is 0 Å². The number of carbonyl (C=O) groups is 2. The van der Waals surface area contributed by atoms with Crippen molar-refractivity contribution in [3.63, 3.8) is 0 Å². The van der Waals surface area contributed by atoms with E-state index in [0.717, 1.165) is 0 Å². The first-order chi connectivity index (χ1) is 4.61. The lowest BCUT2D eigenvalue weighted by atomic mass is 9.95. The number of ketones is 2. The van der Waals surface area contributed by atoms with Crippen LogP contribution in [0.2, 0.25) is 0 Å². The smallest absolute Gasteiger partial charge is 0.201 e. The predicted octanol–water partition coefficient (Wildman–Crippen LogP) is 0.595. The summed E-state index contributed by atoms with van der Waals surface area (Å²) in [4.78, 5) is 20.8. The molecule has 2 atom stereocenters. The molecule has 0 N–H and O–H groups in total. The molecule has 0 spiro atoms. The topological polar surface area (TPSA) is 34.1 Å². The minimum atomic E-state index is -1.91. The molecule has 0 bridgehead atoms. The molecule has 1 saturated carbocycles. The molecular formula is C6H6F2O2. The van der Waals surface area contributed by atoms with Crippen LogP contribution < -0.4 is 0 Å². The second kappa shape index (κ2) is 2.44. The monoisotopic (exact) mass is 148 g/mol. The second-order valence-electron chi connectivity index (χ2n) is 2.28. The van der Waals surface area contributed by atoms with Gasteiger partial charge in [-0.05, 0) is 0 Å². The van der Waals surface area contributed by atoms with Crippen LogP contribution in [0.3, 0.4) is 0 Å². The molecule has 1 rings (SSSR count). The van der Waals surface area contributed by atoms with Crippen LogP contribution in [0, 0.1) is 0 Å². The molecular weight excluding hydrogens is 142 g/mol. The van der Waals surface area contributed by atoms with E-state index in [9.17, 15) is 18.4 Å². The van der Waals surface area contributed by atoms with Gasteiger partial charge in [0.2, 0.25) is 5.78 Å². The first-order valence-electron chi connectivity index (χ1n) is 2.95. The van der Waals surface area contributed by atoms with Gasteiger partial charge in [0.1, 0.15) is 5.78 Å². The minimum absolute atomic E-state index is 0.445. The highest BCUT2D eigenvalue weighted by Gasteiger charge is 2.35. The Morgan fingerprint density at radius 2 is 1.50 bits per heavy atom. The molecule has 56 valence electrons. The average Bonchev–Trinajstić information content (AvgIpc) is 1.82. The van der Waals surface area contributed by atoms with E-state index in [-0.39, 0.29) is 0 Å². The second-order valence-corrected chi connectivity index (χ2v) is 2.28. The summed E-state index contributed by atoms with van der Waals surface area (Å²) in [6, 6.07) is 0. The number of carbonyl (C=O) groups excluding carboxylic acids is 2. The molecule has 2 nitrogen and oxygen atoms in total. The van der Waals surface area contributed by atoms with Crippen molar-refractivity contribution >= 4 is 11.6 Å². The molecule has 0 heterocycles. The van der Waals surface area contributed by atoms with Crippen molar-refractivity contribution in [3.05, 3.63) is 0 Å². The van der Waals surface area contributed by atoms with Gasteiger partial charge in [0.25, 0.3) is 0 Å². The van der Waals surface area contributed by atoms with Gasteiger partial charge in [-0.2, -0.15) is 0 Å². The highest BCUT2D eigenvalue weighted by Crippen LogP contribution is 2.17. The predicted molar refractivity (Wildman–Crippen MR) is 29.0 cm³/mol. The van der Waals surface area contributed by atoms with Crippen LogP contribution in [0.5, 0.6) is 0 Å². The van der Waals surface area contributed by atoms with Crippen molar-refractivity contribution in [1.29, 1.82) is 0 Å². The quantitative estimate of drug-likeness (QED) is 0.504. The Hall–Kier alpha value is -0.800. The van der Waals surface area contributed by atoms with E-state index in [1.165, 1.54) is 0 Å². The van der Waals surface area contributed by atoms with Gasteiger partial charge in [0, 0.05) is 12.8 Å². The Bertz CT molecular complexity index is 163. The summed E-state index contributed by atoms with van der Waals surface area (Å²) >= 11 is 0. The van der Waals surface area contributed by atoms with E-state index >= 15 is 0 Å². The van der Waals surface area contributed by atoms with Crippen LogP contribution in [-0.2, 0) is 9.59 Å². The maximum absolute atomic E-state index is 12.3. The standard InChI is InChI=1S/C6H6F2O2/c7-4-1-3(9)2-5(8)6(4)10/h4-5H,1-2H2. The number of alkyl halides is 2. The molecule has 4 heteroatoms. The highest BCUT2D eigenvalue weighted by molar-refractivity contribution is 5.99. The van der Waals surface area contributed by atoms with Gasteiger partial charge in [0.05, 0.1) is 0 Å². The van der Waals surface area contributed by atoms with Crippen molar-refractivity contribution in [2.24, 2.45) is 0 Å². The molecule has 0 aromatic carbocycles. The Morgan fingerprint density at radius 3 is 1.90 bits per heavy atom. The normalized spacial score (nSPS) is 34.6. The minimum Gasteiger partial charge on any atom is -0.299 e. The van der Waals surface area contributed by atoms with Crippen molar-refractivity contribution in [1.82, 2.24) is 0 Å². The van der Waals surface area contributed by atoms with E-state index in [1.54, 1.807) is 0 Å². The summed E-state index contributed by atoms with van der Waals surface area (Å²) in [5, 5.41) is 0. The molecule has 0 aromatic rings. The van der Waals surface area contributed by atoms with Crippen LogP contribution in [0.25, 0.3) is 0 Å². The van der Waals surface area contributed by atoms with Crippen molar-refractivity contribution in [2.75, 3.05) is 0 Å². The van der Waals surface area contributed by atoms with Gasteiger partial charge < -0.3 is 0 Å². The van der Waals surface area contributed by atoms with E-state index in [1.807, 2.05) is 0 Å². The molecule has 0 radical (unpaired) electrons.